The van der Waals surface area contributed by atoms with Crippen molar-refractivity contribution in [3.05, 3.63) is 29.6 Å². The van der Waals surface area contributed by atoms with Crippen LogP contribution in [-0.4, -0.2) is 36.5 Å². The number of nitrogens with one attached hydrogen (secondary N) is 1. The summed E-state index contributed by atoms with van der Waals surface area (Å²) >= 11 is 0. The van der Waals surface area contributed by atoms with Gasteiger partial charge in [-0.05, 0) is 51.5 Å². The number of carbonyl (C=O) groups excluding carboxylic acids is 1. The summed E-state index contributed by atoms with van der Waals surface area (Å²) in [6.07, 6.45) is 8.72. The van der Waals surface area contributed by atoms with Crippen molar-refractivity contribution in [3.63, 3.8) is 0 Å². The molecule has 7 nitrogen and oxygen atoms in total. The summed E-state index contributed by atoms with van der Waals surface area (Å²) in [6, 6.07) is 0.703. The second kappa shape index (κ2) is 7.15. The maximum Gasteiger partial charge on any atom is 0.220 e. The molecule has 0 saturated heterocycles. The van der Waals surface area contributed by atoms with Crippen molar-refractivity contribution in [2.24, 2.45) is 7.05 Å². The van der Waals surface area contributed by atoms with Crippen LogP contribution in [0.1, 0.15) is 55.1 Å². The van der Waals surface area contributed by atoms with Gasteiger partial charge in [-0.1, -0.05) is 0 Å². The molecular weight excluding hydrogens is 304 g/mol. The highest BCUT2D eigenvalue weighted by molar-refractivity contribution is 5.76. The minimum atomic E-state index is 0.141. The van der Waals surface area contributed by atoms with Crippen molar-refractivity contribution in [1.29, 1.82) is 0 Å². The lowest BCUT2D eigenvalue weighted by Gasteiger charge is -2.29. The Kier molecular flexibility index (Phi) is 4.97. The average molecular weight is 330 g/mol. The van der Waals surface area contributed by atoms with Gasteiger partial charge in [-0.25, -0.2) is 9.67 Å². The van der Waals surface area contributed by atoms with Gasteiger partial charge in [0, 0.05) is 25.2 Å². The molecule has 1 amide bonds. The van der Waals surface area contributed by atoms with Crippen LogP contribution in [0.15, 0.2) is 12.7 Å². The van der Waals surface area contributed by atoms with Gasteiger partial charge in [0.05, 0.1) is 11.7 Å². The number of amides is 1. The Bertz CT molecular complexity index is 682. The van der Waals surface area contributed by atoms with Crippen molar-refractivity contribution < 1.29 is 4.79 Å². The molecule has 0 spiro atoms. The monoisotopic (exact) mass is 330 g/mol. The fourth-order valence-electron chi connectivity index (χ4n) is 3.61. The van der Waals surface area contributed by atoms with Crippen LogP contribution in [-0.2, 0) is 18.3 Å². The molecule has 0 bridgehead atoms. The second-order valence-corrected chi connectivity index (χ2v) is 6.72. The summed E-state index contributed by atoms with van der Waals surface area (Å²) < 4.78 is 3.82. The zero-order chi connectivity index (χ0) is 17.1. The fourth-order valence-corrected chi connectivity index (χ4v) is 3.61. The molecule has 1 aliphatic rings. The van der Waals surface area contributed by atoms with Gasteiger partial charge in [0.1, 0.15) is 12.7 Å². The summed E-state index contributed by atoms with van der Waals surface area (Å²) in [5.74, 6) is 0.141. The van der Waals surface area contributed by atoms with Gasteiger partial charge in [-0.15, -0.1) is 0 Å². The highest BCUT2D eigenvalue weighted by atomic mass is 16.1. The first-order chi connectivity index (χ1) is 11.5. The Morgan fingerprint density at radius 3 is 2.62 bits per heavy atom. The van der Waals surface area contributed by atoms with E-state index in [4.69, 9.17) is 0 Å². The zero-order valence-corrected chi connectivity index (χ0v) is 14.7. The lowest BCUT2D eigenvalue weighted by Crippen LogP contribution is -2.38. The van der Waals surface area contributed by atoms with Gasteiger partial charge < -0.3 is 5.32 Å². The Hall–Kier alpha value is -2.18. The molecular formula is C17H26N6O. The molecule has 0 radical (unpaired) electrons. The quantitative estimate of drug-likeness (QED) is 0.908. The zero-order valence-electron chi connectivity index (χ0n) is 14.7. The highest BCUT2D eigenvalue weighted by Crippen LogP contribution is 2.27. The van der Waals surface area contributed by atoms with E-state index in [9.17, 15) is 4.79 Å². The van der Waals surface area contributed by atoms with Crippen molar-refractivity contribution in [2.45, 2.75) is 64.5 Å². The van der Waals surface area contributed by atoms with Gasteiger partial charge in [-0.2, -0.15) is 10.2 Å². The molecule has 0 atom stereocenters. The topological polar surface area (TPSA) is 77.6 Å². The lowest BCUT2D eigenvalue weighted by molar-refractivity contribution is -0.122. The Morgan fingerprint density at radius 1 is 1.29 bits per heavy atom. The molecule has 0 unspecified atom stereocenters. The molecule has 1 fully saturated rings. The molecule has 2 aromatic heterocycles. The standard InChI is InChI=1S/C17H26N6O/c1-12-16(13(2)22(3)21-12)8-9-17(24)20-14-4-6-15(7-5-14)23-11-18-10-19-23/h10-11,14-15H,4-9H2,1-3H3,(H,20,24). The number of rotatable bonds is 5. The maximum atomic E-state index is 12.3. The summed E-state index contributed by atoms with van der Waals surface area (Å²) in [6.45, 7) is 4.06. The molecule has 130 valence electrons. The summed E-state index contributed by atoms with van der Waals surface area (Å²) in [7, 11) is 1.94. The molecule has 7 heteroatoms. The van der Waals surface area contributed by atoms with E-state index in [-0.39, 0.29) is 11.9 Å². The van der Waals surface area contributed by atoms with Crippen LogP contribution < -0.4 is 5.32 Å². The average Bonchev–Trinajstić information content (AvgIpc) is 3.17. The molecule has 24 heavy (non-hydrogen) atoms. The first-order valence-electron chi connectivity index (χ1n) is 8.67. The van der Waals surface area contributed by atoms with E-state index in [1.165, 1.54) is 5.56 Å². The van der Waals surface area contributed by atoms with Crippen molar-refractivity contribution in [2.75, 3.05) is 0 Å². The maximum absolute atomic E-state index is 12.3. The summed E-state index contributed by atoms with van der Waals surface area (Å²) in [5.41, 5.74) is 3.37. The third-order valence-electron chi connectivity index (χ3n) is 5.13. The summed E-state index contributed by atoms with van der Waals surface area (Å²) in [5, 5.41) is 11.8. The number of hydrogen-bond donors (Lipinski definition) is 1. The van der Waals surface area contributed by atoms with E-state index in [1.807, 2.05) is 23.3 Å². The number of aromatic nitrogens is 5. The van der Waals surface area contributed by atoms with Crippen LogP contribution >= 0.6 is 0 Å². The predicted molar refractivity (Wildman–Crippen MR) is 90.5 cm³/mol. The predicted octanol–water partition coefficient (Wildman–Crippen LogP) is 1.86. The Balaban J connectivity index is 1.44. The van der Waals surface area contributed by atoms with Crippen LogP contribution in [0.25, 0.3) is 0 Å². The smallest absolute Gasteiger partial charge is 0.220 e. The van der Waals surface area contributed by atoms with Gasteiger partial charge in [-0.3, -0.25) is 9.48 Å². The number of aryl methyl sites for hydroxylation is 2. The SMILES string of the molecule is Cc1nn(C)c(C)c1CCC(=O)NC1CCC(n2cncn2)CC1. The molecule has 1 aliphatic carbocycles. The van der Waals surface area contributed by atoms with Crippen LogP contribution in [0.2, 0.25) is 0 Å². The highest BCUT2D eigenvalue weighted by Gasteiger charge is 2.24. The fraction of sp³-hybridized carbons (Fsp3) is 0.647. The van der Waals surface area contributed by atoms with Crippen LogP contribution in [0.5, 0.6) is 0 Å². The second-order valence-electron chi connectivity index (χ2n) is 6.72. The van der Waals surface area contributed by atoms with E-state index in [1.54, 1.807) is 12.7 Å². The van der Waals surface area contributed by atoms with E-state index >= 15 is 0 Å². The molecule has 1 N–H and O–H groups in total. The van der Waals surface area contributed by atoms with Crippen molar-refractivity contribution in [3.8, 4) is 0 Å². The number of carbonyl (C=O) groups is 1. The Morgan fingerprint density at radius 2 is 2.04 bits per heavy atom. The minimum absolute atomic E-state index is 0.141. The normalized spacial score (nSPS) is 21.0. The number of nitrogens with zero attached hydrogens (tertiary/aromatic N) is 5. The molecule has 2 heterocycles. The molecule has 0 aromatic carbocycles. The first kappa shape index (κ1) is 16.7. The lowest BCUT2D eigenvalue weighted by atomic mass is 9.91. The van der Waals surface area contributed by atoms with E-state index < -0.39 is 0 Å². The number of hydrogen-bond acceptors (Lipinski definition) is 4. The van der Waals surface area contributed by atoms with Gasteiger partial charge in [0.15, 0.2) is 0 Å². The van der Waals surface area contributed by atoms with E-state index in [0.29, 0.717) is 12.5 Å². The van der Waals surface area contributed by atoms with E-state index in [0.717, 1.165) is 43.5 Å². The molecule has 0 aliphatic heterocycles. The molecule has 2 aromatic rings. The van der Waals surface area contributed by atoms with Gasteiger partial charge in [0.25, 0.3) is 0 Å². The first-order valence-corrected chi connectivity index (χ1v) is 8.67. The van der Waals surface area contributed by atoms with Crippen molar-refractivity contribution >= 4 is 5.91 Å². The van der Waals surface area contributed by atoms with E-state index in [2.05, 4.69) is 27.4 Å². The third-order valence-corrected chi connectivity index (χ3v) is 5.13. The van der Waals surface area contributed by atoms with Crippen LogP contribution in [0, 0.1) is 13.8 Å². The van der Waals surface area contributed by atoms with Crippen LogP contribution in [0.3, 0.4) is 0 Å². The third kappa shape index (κ3) is 3.66. The molecule has 3 rings (SSSR count). The summed E-state index contributed by atoms with van der Waals surface area (Å²) in [4.78, 5) is 16.3. The van der Waals surface area contributed by atoms with Crippen molar-refractivity contribution in [1.82, 2.24) is 29.9 Å². The van der Waals surface area contributed by atoms with Gasteiger partial charge in [0.2, 0.25) is 5.91 Å². The van der Waals surface area contributed by atoms with Gasteiger partial charge >= 0.3 is 0 Å². The van der Waals surface area contributed by atoms with Crippen LogP contribution in [0.4, 0.5) is 0 Å². The molecule has 1 saturated carbocycles. The largest absolute Gasteiger partial charge is 0.353 e. The Labute approximate surface area is 142 Å². The minimum Gasteiger partial charge on any atom is -0.353 e.